The number of rotatable bonds is 4. The minimum atomic E-state index is 0.0670. The van der Waals surface area contributed by atoms with Gasteiger partial charge in [-0.2, -0.15) is 0 Å². The Bertz CT molecular complexity index is 555. The zero-order valence-electron chi connectivity index (χ0n) is 15.3. The van der Waals surface area contributed by atoms with Gasteiger partial charge in [0.25, 0.3) is 0 Å². The molecular weight excluding hydrogens is 314 g/mol. The number of carbonyl (C=O) groups is 1. The average molecular weight is 345 g/mol. The molecule has 2 saturated heterocycles. The van der Waals surface area contributed by atoms with Crippen LogP contribution >= 0.6 is 0 Å². The second-order valence-corrected chi connectivity index (χ2v) is 7.56. The number of benzene rings is 1. The van der Waals surface area contributed by atoms with Crippen molar-refractivity contribution in [3.8, 4) is 5.75 Å². The molecule has 2 N–H and O–H groups in total. The van der Waals surface area contributed by atoms with Gasteiger partial charge in [0.05, 0.1) is 0 Å². The van der Waals surface area contributed by atoms with E-state index in [1.807, 2.05) is 24.0 Å². The molecule has 5 heteroatoms. The Hall–Kier alpha value is -1.75. The molecule has 0 spiro atoms. The summed E-state index contributed by atoms with van der Waals surface area (Å²) in [5.74, 6) is 0.276. The van der Waals surface area contributed by atoms with Crippen LogP contribution in [0.5, 0.6) is 5.75 Å². The Kier molecular flexibility index (Phi) is 6.19. The molecule has 2 amide bonds. The van der Waals surface area contributed by atoms with Crippen LogP contribution in [0, 0.1) is 0 Å². The minimum absolute atomic E-state index is 0.0670. The summed E-state index contributed by atoms with van der Waals surface area (Å²) in [6.07, 6.45) is 6.90. The van der Waals surface area contributed by atoms with Gasteiger partial charge in [0, 0.05) is 25.2 Å². The lowest BCUT2D eigenvalue weighted by atomic mass is 10.1. The zero-order chi connectivity index (χ0) is 17.6. The van der Waals surface area contributed by atoms with Crippen LogP contribution in [-0.4, -0.2) is 59.2 Å². The van der Waals surface area contributed by atoms with Gasteiger partial charge in [0.1, 0.15) is 5.75 Å². The summed E-state index contributed by atoms with van der Waals surface area (Å²) in [6.45, 7) is 6.15. The van der Waals surface area contributed by atoms with Crippen molar-refractivity contribution in [1.82, 2.24) is 15.1 Å². The molecule has 0 saturated carbocycles. The first-order valence-corrected chi connectivity index (χ1v) is 9.69. The smallest absolute Gasteiger partial charge is 0.317 e. The predicted molar refractivity (Wildman–Crippen MR) is 99.8 cm³/mol. The third-order valence-electron chi connectivity index (χ3n) is 5.44. The molecule has 1 aromatic carbocycles. The Morgan fingerprint density at radius 2 is 1.84 bits per heavy atom. The number of hydrogen-bond donors (Lipinski definition) is 2. The van der Waals surface area contributed by atoms with E-state index >= 15 is 0 Å². The largest absolute Gasteiger partial charge is 0.508 e. The second-order valence-electron chi connectivity index (χ2n) is 7.56. The van der Waals surface area contributed by atoms with Crippen LogP contribution in [0.3, 0.4) is 0 Å². The highest BCUT2D eigenvalue weighted by Crippen LogP contribution is 2.20. The monoisotopic (exact) mass is 345 g/mol. The molecule has 2 aliphatic heterocycles. The normalized spacial score (nSPS) is 23.2. The van der Waals surface area contributed by atoms with Gasteiger partial charge < -0.3 is 15.3 Å². The maximum Gasteiger partial charge on any atom is 0.317 e. The number of nitrogens with one attached hydrogen (secondary N) is 1. The van der Waals surface area contributed by atoms with Crippen molar-refractivity contribution in [2.45, 2.75) is 57.5 Å². The molecule has 2 heterocycles. The van der Waals surface area contributed by atoms with E-state index in [1.165, 1.54) is 38.8 Å². The van der Waals surface area contributed by atoms with E-state index in [2.05, 4.69) is 10.2 Å². The van der Waals surface area contributed by atoms with E-state index in [0.29, 0.717) is 6.04 Å². The van der Waals surface area contributed by atoms with Crippen LogP contribution in [-0.2, 0) is 6.42 Å². The third kappa shape index (κ3) is 5.11. The average Bonchev–Trinajstić information content (AvgIpc) is 3.01. The lowest BCUT2D eigenvalue weighted by Gasteiger charge is -2.31. The van der Waals surface area contributed by atoms with Crippen LogP contribution in [0.15, 0.2) is 24.3 Å². The summed E-state index contributed by atoms with van der Waals surface area (Å²) in [5, 5.41) is 12.5. The molecule has 0 unspecified atom stereocenters. The molecule has 2 aliphatic rings. The Morgan fingerprint density at radius 3 is 2.56 bits per heavy atom. The quantitative estimate of drug-likeness (QED) is 0.882. The number of urea groups is 1. The molecule has 138 valence electrons. The fourth-order valence-electron chi connectivity index (χ4n) is 4.05. The summed E-state index contributed by atoms with van der Waals surface area (Å²) in [5.41, 5.74) is 1.12. The first kappa shape index (κ1) is 18.1. The molecule has 1 aromatic rings. The first-order valence-electron chi connectivity index (χ1n) is 9.69. The Morgan fingerprint density at radius 1 is 1.16 bits per heavy atom. The van der Waals surface area contributed by atoms with Crippen molar-refractivity contribution in [2.75, 3.05) is 26.2 Å². The summed E-state index contributed by atoms with van der Waals surface area (Å²) in [7, 11) is 0. The fraction of sp³-hybridized carbons (Fsp3) is 0.650. The second kappa shape index (κ2) is 8.56. The van der Waals surface area contributed by atoms with Crippen molar-refractivity contribution < 1.29 is 9.90 Å². The Balaban J connectivity index is 1.52. The Labute approximate surface area is 151 Å². The van der Waals surface area contributed by atoms with Gasteiger partial charge in [0.15, 0.2) is 0 Å². The summed E-state index contributed by atoms with van der Waals surface area (Å²) in [6, 6.07) is 7.88. The molecular formula is C20H31N3O2. The van der Waals surface area contributed by atoms with Crippen molar-refractivity contribution >= 4 is 6.03 Å². The van der Waals surface area contributed by atoms with Gasteiger partial charge in [-0.05, 0) is 69.8 Å². The molecule has 0 bridgehead atoms. The maximum absolute atomic E-state index is 12.7. The van der Waals surface area contributed by atoms with Crippen LogP contribution in [0.25, 0.3) is 0 Å². The summed E-state index contributed by atoms with van der Waals surface area (Å²) in [4.78, 5) is 17.3. The van der Waals surface area contributed by atoms with Gasteiger partial charge in [-0.3, -0.25) is 4.90 Å². The summed E-state index contributed by atoms with van der Waals surface area (Å²) >= 11 is 0. The SMILES string of the molecule is C[C@H](Cc1ccc(O)cc1)NC(=O)N1CCCC[C@H](N2CCCC2)C1. The fourth-order valence-corrected chi connectivity index (χ4v) is 4.05. The number of hydrogen-bond acceptors (Lipinski definition) is 3. The topological polar surface area (TPSA) is 55.8 Å². The van der Waals surface area contributed by atoms with Crippen molar-refractivity contribution in [1.29, 1.82) is 0 Å². The zero-order valence-corrected chi connectivity index (χ0v) is 15.3. The predicted octanol–water partition coefficient (Wildman–Crippen LogP) is 2.98. The number of nitrogens with zero attached hydrogens (tertiary/aromatic N) is 2. The third-order valence-corrected chi connectivity index (χ3v) is 5.44. The summed E-state index contributed by atoms with van der Waals surface area (Å²) < 4.78 is 0. The molecule has 0 radical (unpaired) electrons. The standard InChI is InChI=1S/C20H31N3O2/c1-16(14-17-7-9-19(24)10-8-17)21-20(25)23-13-3-2-6-18(15-23)22-11-4-5-12-22/h7-10,16,18,24H,2-6,11-15H2,1H3,(H,21,25)/t16-,18+/m1/s1. The molecule has 2 fully saturated rings. The lowest BCUT2D eigenvalue weighted by molar-refractivity contribution is 0.164. The maximum atomic E-state index is 12.7. The number of phenolic OH excluding ortho intramolecular Hbond substituents is 1. The van der Waals surface area contributed by atoms with E-state index in [0.717, 1.165) is 31.5 Å². The van der Waals surface area contributed by atoms with Crippen LogP contribution in [0.1, 0.15) is 44.6 Å². The number of carbonyl (C=O) groups excluding carboxylic acids is 1. The number of aromatic hydroxyl groups is 1. The van der Waals surface area contributed by atoms with Crippen LogP contribution in [0.4, 0.5) is 4.79 Å². The molecule has 0 aliphatic carbocycles. The van der Waals surface area contributed by atoms with Crippen LogP contribution < -0.4 is 5.32 Å². The highest BCUT2D eigenvalue weighted by atomic mass is 16.3. The molecule has 3 rings (SSSR count). The lowest BCUT2D eigenvalue weighted by Crippen LogP contribution is -2.49. The van der Waals surface area contributed by atoms with E-state index in [4.69, 9.17) is 0 Å². The molecule has 25 heavy (non-hydrogen) atoms. The highest BCUT2D eigenvalue weighted by Gasteiger charge is 2.28. The van der Waals surface area contributed by atoms with Gasteiger partial charge in [0.2, 0.25) is 0 Å². The van der Waals surface area contributed by atoms with E-state index in [-0.39, 0.29) is 17.8 Å². The van der Waals surface area contributed by atoms with Crippen molar-refractivity contribution in [3.05, 3.63) is 29.8 Å². The van der Waals surface area contributed by atoms with E-state index in [9.17, 15) is 9.90 Å². The first-order chi connectivity index (χ1) is 12.1. The molecule has 5 nitrogen and oxygen atoms in total. The van der Waals surface area contributed by atoms with Crippen LogP contribution in [0.2, 0.25) is 0 Å². The number of likely N-dealkylation sites (tertiary alicyclic amines) is 2. The molecule has 2 atom stereocenters. The van der Waals surface area contributed by atoms with Gasteiger partial charge in [-0.1, -0.05) is 18.6 Å². The minimum Gasteiger partial charge on any atom is -0.508 e. The van der Waals surface area contributed by atoms with Gasteiger partial charge in [-0.25, -0.2) is 4.79 Å². The van der Waals surface area contributed by atoms with Crippen molar-refractivity contribution in [2.24, 2.45) is 0 Å². The van der Waals surface area contributed by atoms with Gasteiger partial charge >= 0.3 is 6.03 Å². The highest BCUT2D eigenvalue weighted by molar-refractivity contribution is 5.74. The van der Waals surface area contributed by atoms with E-state index in [1.54, 1.807) is 12.1 Å². The molecule has 0 aromatic heterocycles. The number of phenols is 1. The van der Waals surface area contributed by atoms with Crippen molar-refractivity contribution in [3.63, 3.8) is 0 Å². The number of amides is 2. The van der Waals surface area contributed by atoms with E-state index < -0.39 is 0 Å². The van der Waals surface area contributed by atoms with Gasteiger partial charge in [-0.15, -0.1) is 0 Å².